The molecule has 2 N–H and O–H groups in total. The normalized spacial score (nSPS) is 10.7. The Bertz CT molecular complexity index is 659. The maximum atomic E-state index is 11.7. The van der Waals surface area contributed by atoms with Gasteiger partial charge in [-0.2, -0.15) is 0 Å². The van der Waals surface area contributed by atoms with Gasteiger partial charge in [0, 0.05) is 22.8 Å². The first-order valence-electron chi connectivity index (χ1n) is 5.79. The Morgan fingerprint density at radius 1 is 1.30 bits per heavy atom. The van der Waals surface area contributed by atoms with Crippen molar-refractivity contribution in [3.05, 3.63) is 52.0 Å². The molecule has 6 heteroatoms. The zero-order valence-electron chi connectivity index (χ0n) is 10.7. The smallest absolute Gasteiger partial charge is 0.335 e. The number of hydrogen-bond donors (Lipinski definition) is 2. The van der Waals surface area contributed by atoms with Crippen LogP contribution in [0.4, 0.5) is 5.69 Å². The summed E-state index contributed by atoms with van der Waals surface area (Å²) in [5, 5.41) is 12.4. The second-order valence-corrected chi connectivity index (χ2v) is 5.25. The molecule has 1 heterocycles. The van der Waals surface area contributed by atoms with Crippen LogP contribution in [0.5, 0.6) is 0 Å². The molecule has 102 valence electrons. The molecule has 0 fully saturated rings. The molecule has 0 unspecified atom stereocenters. The van der Waals surface area contributed by atoms with Crippen molar-refractivity contribution in [2.75, 3.05) is 5.32 Å². The molecule has 1 aromatic carbocycles. The zero-order valence-corrected chi connectivity index (χ0v) is 11.5. The highest BCUT2D eigenvalue weighted by Crippen LogP contribution is 2.13. The van der Waals surface area contributed by atoms with Crippen LogP contribution in [0.1, 0.15) is 20.2 Å². The number of carbonyl (C=O) groups excluding carboxylic acids is 1. The molecule has 0 bridgehead atoms. The van der Waals surface area contributed by atoms with Crippen LogP contribution >= 0.6 is 11.3 Å². The highest BCUT2D eigenvalue weighted by Gasteiger charge is 2.03. The largest absolute Gasteiger partial charge is 0.478 e. The minimum Gasteiger partial charge on any atom is -0.478 e. The Labute approximate surface area is 119 Å². The summed E-state index contributed by atoms with van der Waals surface area (Å²) >= 11 is 1.50. The van der Waals surface area contributed by atoms with Crippen molar-refractivity contribution in [2.24, 2.45) is 0 Å². The number of carbonyl (C=O) groups is 2. The quantitative estimate of drug-likeness (QED) is 0.848. The molecule has 0 saturated carbocycles. The summed E-state index contributed by atoms with van der Waals surface area (Å²) in [6.45, 7) is 1.89. The number of nitrogens with one attached hydrogen (secondary N) is 1. The number of nitrogens with zero attached hydrogens (tertiary/aromatic N) is 1. The van der Waals surface area contributed by atoms with Crippen LogP contribution in [-0.2, 0) is 4.79 Å². The van der Waals surface area contributed by atoms with Crippen LogP contribution in [0, 0.1) is 6.92 Å². The average Bonchev–Trinajstić information content (AvgIpc) is 2.83. The van der Waals surface area contributed by atoms with Crippen LogP contribution < -0.4 is 5.32 Å². The van der Waals surface area contributed by atoms with E-state index in [1.807, 2.05) is 6.92 Å². The number of hydrogen-bond acceptors (Lipinski definition) is 4. The van der Waals surface area contributed by atoms with Crippen molar-refractivity contribution in [3.63, 3.8) is 0 Å². The molecule has 2 aromatic rings. The van der Waals surface area contributed by atoms with E-state index >= 15 is 0 Å². The third-order valence-electron chi connectivity index (χ3n) is 2.44. The standard InChI is InChI=1S/C14H12N2O3S/c1-9-15-8-12(20-9)6-7-13(17)16-11-4-2-10(3-5-11)14(18)19/h2-8H,1H3,(H,16,17)(H,18,19)/b7-6+. The second kappa shape index (κ2) is 6.12. The van der Waals surface area contributed by atoms with Crippen molar-refractivity contribution in [2.45, 2.75) is 6.92 Å². The predicted octanol–water partition coefficient (Wildman–Crippen LogP) is 2.80. The number of rotatable bonds is 4. The number of thiazole rings is 1. The van der Waals surface area contributed by atoms with E-state index in [0.29, 0.717) is 5.69 Å². The SMILES string of the molecule is Cc1ncc(/C=C/C(=O)Nc2ccc(C(=O)O)cc2)s1. The van der Waals surface area contributed by atoms with E-state index < -0.39 is 5.97 Å². The summed E-state index contributed by atoms with van der Waals surface area (Å²) in [5.41, 5.74) is 0.726. The van der Waals surface area contributed by atoms with E-state index in [4.69, 9.17) is 5.11 Å². The van der Waals surface area contributed by atoms with Crippen LogP contribution in [0.2, 0.25) is 0 Å². The minimum atomic E-state index is -0.997. The van der Waals surface area contributed by atoms with Gasteiger partial charge in [0.15, 0.2) is 0 Å². The topological polar surface area (TPSA) is 79.3 Å². The van der Waals surface area contributed by atoms with Gasteiger partial charge >= 0.3 is 5.97 Å². The van der Waals surface area contributed by atoms with E-state index in [2.05, 4.69) is 10.3 Å². The summed E-state index contributed by atoms with van der Waals surface area (Å²) in [6, 6.07) is 5.97. The third-order valence-corrected chi connectivity index (χ3v) is 3.32. The van der Waals surface area contributed by atoms with Crippen molar-refractivity contribution >= 4 is 35.0 Å². The van der Waals surface area contributed by atoms with E-state index in [1.54, 1.807) is 24.4 Å². The molecule has 1 aromatic heterocycles. The second-order valence-electron chi connectivity index (χ2n) is 3.99. The number of carboxylic acids is 1. The molecule has 1 amide bonds. The first-order chi connectivity index (χ1) is 9.54. The number of anilines is 1. The Hall–Kier alpha value is -2.47. The van der Waals surface area contributed by atoms with Gasteiger partial charge in [0.2, 0.25) is 5.91 Å². The van der Waals surface area contributed by atoms with Crippen molar-refractivity contribution in [3.8, 4) is 0 Å². The maximum absolute atomic E-state index is 11.7. The maximum Gasteiger partial charge on any atom is 0.335 e. The molecule has 0 atom stereocenters. The van der Waals surface area contributed by atoms with Gasteiger partial charge in [-0.1, -0.05) is 0 Å². The average molecular weight is 288 g/mol. The third kappa shape index (κ3) is 3.76. The molecule has 5 nitrogen and oxygen atoms in total. The number of aryl methyl sites for hydroxylation is 1. The van der Waals surface area contributed by atoms with E-state index in [0.717, 1.165) is 9.88 Å². The fourth-order valence-corrected chi connectivity index (χ4v) is 2.18. The van der Waals surface area contributed by atoms with Gasteiger partial charge in [-0.05, 0) is 37.3 Å². The number of aromatic nitrogens is 1. The van der Waals surface area contributed by atoms with Crippen molar-refractivity contribution in [1.29, 1.82) is 0 Å². The molecular formula is C14H12N2O3S. The van der Waals surface area contributed by atoms with Gasteiger partial charge in [0.05, 0.1) is 10.6 Å². The highest BCUT2D eigenvalue weighted by molar-refractivity contribution is 7.12. The molecule has 2 rings (SSSR count). The van der Waals surface area contributed by atoms with Gasteiger partial charge < -0.3 is 10.4 Å². The number of aromatic carboxylic acids is 1. The molecule has 0 radical (unpaired) electrons. The summed E-state index contributed by atoms with van der Waals surface area (Å²) in [7, 11) is 0. The van der Waals surface area contributed by atoms with Gasteiger partial charge in [-0.3, -0.25) is 4.79 Å². The van der Waals surface area contributed by atoms with Crippen LogP contribution in [0.25, 0.3) is 6.08 Å². The van der Waals surface area contributed by atoms with Crippen molar-refractivity contribution < 1.29 is 14.7 Å². The van der Waals surface area contributed by atoms with E-state index in [1.165, 1.54) is 29.5 Å². The minimum absolute atomic E-state index is 0.179. The summed E-state index contributed by atoms with van der Waals surface area (Å²) in [5.74, 6) is -1.28. The Morgan fingerprint density at radius 2 is 2.00 bits per heavy atom. The first-order valence-corrected chi connectivity index (χ1v) is 6.61. The number of carboxylic acid groups (broad SMARTS) is 1. The fraction of sp³-hybridized carbons (Fsp3) is 0.0714. The highest BCUT2D eigenvalue weighted by atomic mass is 32.1. The lowest BCUT2D eigenvalue weighted by molar-refractivity contribution is -0.111. The van der Waals surface area contributed by atoms with Crippen LogP contribution in [-0.4, -0.2) is 22.0 Å². The lowest BCUT2D eigenvalue weighted by Crippen LogP contribution is -2.07. The number of amides is 1. The van der Waals surface area contributed by atoms with Gasteiger partial charge in [-0.15, -0.1) is 11.3 Å². The Balaban J connectivity index is 1.97. The monoisotopic (exact) mass is 288 g/mol. The first kappa shape index (κ1) is 14.0. The Kier molecular flexibility index (Phi) is 4.27. The molecular weight excluding hydrogens is 276 g/mol. The lowest BCUT2D eigenvalue weighted by atomic mass is 10.2. The number of benzene rings is 1. The summed E-state index contributed by atoms with van der Waals surface area (Å²) < 4.78 is 0. The molecule has 0 aliphatic rings. The summed E-state index contributed by atoms with van der Waals surface area (Å²) in [4.78, 5) is 27.4. The van der Waals surface area contributed by atoms with Crippen molar-refractivity contribution in [1.82, 2.24) is 4.98 Å². The van der Waals surface area contributed by atoms with E-state index in [9.17, 15) is 9.59 Å². The predicted molar refractivity (Wildman–Crippen MR) is 77.9 cm³/mol. The fourth-order valence-electron chi connectivity index (χ4n) is 1.49. The molecule has 0 spiro atoms. The van der Waals surface area contributed by atoms with Crippen LogP contribution in [0.3, 0.4) is 0 Å². The molecule has 0 saturated heterocycles. The Morgan fingerprint density at radius 3 is 2.55 bits per heavy atom. The molecule has 20 heavy (non-hydrogen) atoms. The van der Waals surface area contributed by atoms with E-state index in [-0.39, 0.29) is 11.5 Å². The zero-order chi connectivity index (χ0) is 14.5. The lowest BCUT2D eigenvalue weighted by Gasteiger charge is -2.02. The van der Waals surface area contributed by atoms with Crippen LogP contribution in [0.15, 0.2) is 36.5 Å². The van der Waals surface area contributed by atoms with Gasteiger partial charge in [-0.25, -0.2) is 9.78 Å². The summed E-state index contributed by atoms with van der Waals surface area (Å²) in [6.07, 6.45) is 4.80. The molecule has 0 aliphatic carbocycles. The molecule has 0 aliphatic heterocycles. The van der Waals surface area contributed by atoms with Gasteiger partial charge in [0.1, 0.15) is 0 Å². The van der Waals surface area contributed by atoms with Gasteiger partial charge in [0.25, 0.3) is 0 Å².